The van der Waals surface area contributed by atoms with Crippen molar-refractivity contribution >= 4 is 11.7 Å². The van der Waals surface area contributed by atoms with Gasteiger partial charge in [0.15, 0.2) is 5.78 Å². The van der Waals surface area contributed by atoms with Gasteiger partial charge >= 0.3 is 0 Å². The maximum atomic E-state index is 12.6. The summed E-state index contributed by atoms with van der Waals surface area (Å²) in [5, 5.41) is 9.24. The van der Waals surface area contributed by atoms with Crippen LogP contribution >= 0.6 is 0 Å². The molecule has 25 heavy (non-hydrogen) atoms. The lowest BCUT2D eigenvalue weighted by Gasteiger charge is -2.18. The molecule has 1 amide bonds. The van der Waals surface area contributed by atoms with Crippen LogP contribution in [0.2, 0.25) is 0 Å². The summed E-state index contributed by atoms with van der Waals surface area (Å²) in [7, 11) is 0. The third kappa shape index (κ3) is 3.41. The van der Waals surface area contributed by atoms with Crippen LogP contribution in [0.25, 0.3) is 0 Å². The SMILES string of the molecule is Cc1cc(CN2CC(N)(C(N)=O)N=N2)ccc1C(=O)c1ccccc1. The van der Waals surface area contributed by atoms with Crippen molar-refractivity contribution in [1.82, 2.24) is 5.01 Å². The fraction of sp³-hybridized carbons (Fsp3) is 0.222. The Labute approximate surface area is 145 Å². The van der Waals surface area contributed by atoms with E-state index >= 15 is 0 Å². The summed E-state index contributed by atoms with van der Waals surface area (Å²) < 4.78 is 0. The van der Waals surface area contributed by atoms with Crippen LogP contribution in [0.4, 0.5) is 0 Å². The van der Waals surface area contributed by atoms with E-state index in [0.717, 1.165) is 11.1 Å². The highest BCUT2D eigenvalue weighted by molar-refractivity contribution is 6.09. The number of carbonyl (C=O) groups is 2. The van der Waals surface area contributed by atoms with Crippen LogP contribution in [-0.4, -0.2) is 28.9 Å². The normalized spacial score (nSPS) is 19.2. The Morgan fingerprint density at radius 2 is 1.92 bits per heavy atom. The Kier molecular flexibility index (Phi) is 4.33. The summed E-state index contributed by atoms with van der Waals surface area (Å²) in [6.45, 7) is 2.45. The molecule has 0 aromatic heterocycles. The molecule has 4 N–H and O–H groups in total. The van der Waals surface area contributed by atoms with Gasteiger partial charge in [-0.2, -0.15) is 0 Å². The van der Waals surface area contributed by atoms with Crippen molar-refractivity contribution in [2.75, 3.05) is 6.54 Å². The van der Waals surface area contributed by atoms with Crippen LogP contribution in [0.3, 0.4) is 0 Å². The first-order chi connectivity index (χ1) is 11.9. The highest BCUT2D eigenvalue weighted by Gasteiger charge is 2.38. The number of nitrogens with two attached hydrogens (primary N) is 2. The first-order valence-electron chi connectivity index (χ1n) is 7.85. The van der Waals surface area contributed by atoms with E-state index in [1.54, 1.807) is 23.2 Å². The first kappa shape index (κ1) is 16.8. The molecule has 128 valence electrons. The van der Waals surface area contributed by atoms with Crippen molar-refractivity contribution in [1.29, 1.82) is 0 Å². The average Bonchev–Trinajstić information content (AvgIpc) is 2.98. The third-order valence-electron chi connectivity index (χ3n) is 4.14. The number of amides is 1. The minimum atomic E-state index is -1.47. The van der Waals surface area contributed by atoms with Crippen LogP contribution in [0.1, 0.15) is 27.0 Å². The molecule has 0 bridgehead atoms. The van der Waals surface area contributed by atoms with Gasteiger partial charge in [-0.25, -0.2) is 0 Å². The van der Waals surface area contributed by atoms with E-state index in [1.165, 1.54) is 0 Å². The summed E-state index contributed by atoms with van der Waals surface area (Å²) in [6.07, 6.45) is 0. The predicted molar refractivity (Wildman–Crippen MR) is 92.4 cm³/mol. The van der Waals surface area contributed by atoms with E-state index in [4.69, 9.17) is 11.5 Å². The zero-order chi connectivity index (χ0) is 18.0. The van der Waals surface area contributed by atoms with Crippen LogP contribution in [-0.2, 0) is 11.3 Å². The summed E-state index contributed by atoms with van der Waals surface area (Å²) in [5.41, 5.74) is 12.7. The van der Waals surface area contributed by atoms with Crippen molar-refractivity contribution in [3.63, 3.8) is 0 Å². The largest absolute Gasteiger partial charge is 0.366 e. The molecule has 0 fully saturated rings. The number of ketones is 1. The molecular weight excluding hydrogens is 318 g/mol. The molecular formula is C18H19N5O2. The highest BCUT2D eigenvalue weighted by Crippen LogP contribution is 2.21. The number of benzene rings is 2. The molecule has 7 heteroatoms. The van der Waals surface area contributed by atoms with Crippen LogP contribution in [0, 0.1) is 6.92 Å². The Morgan fingerprint density at radius 3 is 2.52 bits per heavy atom. The van der Waals surface area contributed by atoms with Gasteiger partial charge in [0.25, 0.3) is 5.91 Å². The summed E-state index contributed by atoms with van der Waals surface area (Å²) >= 11 is 0. The lowest BCUT2D eigenvalue weighted by molar-refractivity contribution is -0.122. The monoisotopic (exact) mass is 337 g/mol. The number of primary amides is 1. The van der Waals surface area contributed by atoms with Gasteiger partial charge in [-0.05, 0) is 18.1 Å². The molecule has 1 aliphatic rings. The minimum Gasteiger partial charge on any atom is -0.366 e. The second-order valence-corrected chi connectivity index (χ2v) is 6.15. The van der Waals surface area contributed by atoms with Gasteiger partial charge in [-0.1, -0.05) is 53.8 Å². The third-order valence-corrected chi connectivity index (χ3v) is 4.14. The van der Waals surface area contributed by atoms with Crippen molar-refractivity contribution in [3.8, 4) is 0 Å². The summed E-state index contributed by atoms with van der Waals surface area (Å²) in [4.78, 5) is 23.9. The van der Waals surface area contributed by atoms with Crippen LogP contribution < -0.4 is 11.5 Å². The maximum absolute atomic E-state index is 12.6. The molecule has 0 aliphatic carbocycles. The van der Waals surface area contributed by atoms with Gasteiger partial charge in [0.1, 0.15) is 0 Å². The number of hydrogen-bond acceptors (Lipinski definition) is 6. The molecule has 0 radical (unpaired) electrons. The standard InChI is InChI=1S/C18H19N5O2/c1-12-9-13(10-23-11-18(20,17(19)25)21-22-23)7-8-15(12)16(24)14-5-3-2-4-6-14/h2-9H,10-11,20H2,1H3,(H2,19,25). The number of aryl methyl sites for hydroxylation is 1. The molecule has 1 unspecified atom stereocenters. The van der Waals surface area contributed by atoms with Crippen LogP contribution in [0.15, 0.2) is 58.9 Å². The van der Waals surface area contributed by atoms with E-state index in [1.807, 2.05) is 37.3 Å². The first-order valence-corrected chi connectivity index (χ1v) is 7.85. The van der Waals surface area contributed by atoms with Gasteiger partial charge < -0.3 is 5.73 Å². The molecule has 7 nitrogen and oxygen atoms in total. The van der Waals surface area contributed by atoms with Gasteiger partial charge in [0.05, 0.1) is 13.1 Å². The van der Waals surface area contributed by atoms with Crippen molar-refractivity contribution in [3.05, 3.63) is 70.8 Å². The molecule has 0 saturated carbocycles. The fourth-order valence-electron chi connectivity index (χ4n) is 2.73. The second kappa shape index (κ2) is 6.45. The highest BCUT2D eigenvalue weighted by atomic mass is 16.2. The van der Waals surface area contributed by atoms with E-state index in [0.29, 0.717) is 17.7 Å². The molecule has 1 atom stereocenters. The number of hydrogen-bond donors (Lipinski definition) is 2. The molecule has 0 saturated heterocycles. The van der Waals surface area contributed by atoms with Crippen molar-refractivity contribution < 1.29 is 9.59 Å². The predicted octanol–water partition coefficient (Wildman–Crippen LogP) is 1.55. The second-order valence-electron chi connectivity index (χ2n) is 6.15. The number of rotatable bonds is 5. The number of carbonyl (C=O) groups excluding carboxylic acids is 2. The Morgan fingerprint density at radius 1 is 1.20 bits per heavy atom. The summed E-state index contributed by atoms with van der Waals surface area (Å²) in [5.74, 6) is -0.723. The smallest absolute Gasteiger partial charge is 0.264 e. The lowest BCUT2D eigenvalue weighted by atomic mass is 9.97. The van der Waals surface area contributed by atoms with Crippen LogP contribution in [0.5, 0.6) is 0 Å². The van der Waals surface area contributed by atoms with Gasteiger partial charge in [-0.15, -0.1) is 5.11 Å². The quantitative estimate of drug-likeness (QED) is 0.806. The van der Waals surface area contributed by atoms with Crippen molar-refractivity contribution in [2.45, 2.75) is 19.1 Å². The van der Waals surface area contributed by atoms with Crippen molar-refractivity contribution in [2.24, 2.45) is 21.8 Å². The lowest BCUT2D eigenvalue weighted by Crippen LogP contribution is -2.53. The van der Waals surface area contributed by atoms with Gasteiger partial charge in [0.2, 0.25) is 5.66 Å². The molecule has 3 rings (SSSR count). The van der Waals surface area contributed by atoms with Gasteiger partial charge in [0, 0.05) is 11.1 Å². The average molecular weight is 337 g/mol. The number of nitrogens with zero attached hydrogens (tertiary/aromatic N) is 3. The van der Waals surface area contributed by atoms with E-state index in [2.05, 4.69) is 10.3 Å². The Bertz CT molecular complexity index is 850. The van der Waals surface area contributed by atoms with E-state index in [9.17, 15) is 9.59 Å². The molecule has 1 heterocycles. The summed E-state index contributed by atoms with van der Waals surface area (Å²) in [6, 6.07) is 14.7. The maximum Gasteiger partial charge on any atom is 0.264 e. The Hall–Kier alpha value is -3.06. The zero-order valence-corrected chi connectivity index (χ0v) is 13.8. The van der Waals surface area contributed by atoms with Gasteiger partial charge in [-0.3, -0.25) is 20.3 Å². The fourth-order valence-corrected chi connectivity index (χ4v) is 2.73. The van der Waals surface area contributed by atoms with E-state index in [-0.39, 0.29) is 12.3 Å². The molecule has 0 spiro atoms. The van der Waals surface area contributed by atoms with E-state index < -0.39 is 11.6 Å². The Balaban J connectivity index is 1.74. The molecule has 2 aromatic rings. The zero-order valence-electron chi connectivity index (χ0n) is 13.8. The molecule has 2 aromatic carbocycles. The topological polar surface area (TPSA) is 114 Å². The minimum absolute atomic E-state index is 0.0137. The molecule has 1 aliphatic heterocycles.